The number of hydrogen-bond acceptors (Lipinski definition) is 3. The van der Waals surface area contributed by atoms with Gasteiger partial charge in [0.25, 0.3) is 0 Å². The maximum Gasteiger partial charge on any atom is 0.0531 e. The first-order valence-corrected chi connectivity index (χ1v) is 7.77. The minimum atomic E-state index is 0.664. The molecule has 0 bridgehead atoms. The molecule has 2 aromatic rings. The van der Waals surface area contributed by atoms with Crippen molar-refractivity contribution in [2.24, 2.45) is 0 Å². The Morgan fingerprint density at radius 2 is 2.19 bits per heavy atom. The fourth-order valence-corrected chi connectivity index (χ4v) is 4.14. The predicted octanol–water partition coefficient (Wildman–Crippen LogP) is 4.21. The smallest absolute Gasteiger partial charge is 0.0531 e. The van der Waals surface area contributed by atoms with E-state index in [0.717, 1.165) is 0 Å². The largest absolute Gasteiger partial charge is 0.380 e. The number of anilines is 1. The van der Waals surface area contributed by atoms with Crippen LogP contribution in [0.5, 0.6) is 0 Å². The van der Waals surface area contributed by atoms with Gasteiger partial charge in [-0.2, -0.15) is 11.8 Å². The second-order valence-electron chi connectivity index (χ2n) is 4.20. The van der Waals surface area contributed by atoms with Gasteiger partial charge in [0.15, 0.2) is 0 Å². The summed E-state index contributed by atoms with van der Waals surface area (Å²) in [7, 11) is 0. The summed E-state index contributed by atoms with van der Waals surface area (Å²) in [5.41, 5.74) is 1.33. The van der Waals surface area contributed by atoms with E-state index < -0.39 is 0 Å². The van der Waals surface area contributed by atoms with Gasteiger partial charge in [0.1, 0.15) is 0 Å². The third kappa shape index (κ3) is 2.06. The van der Waals surface area contributed by atoms with Gasteiger partial charge in [0.2, 0.25) is 0 Å². The Balaban J connectivity index is 1.83. The molecule has 1 aromatic carbocycles. The number of benzene rings is 1. The zero-order valence-electron chi connectivity index (χ0n) is 9.11. The highest BCUT2D eigenvalue weighted by Gasteiger charge is 2.14. The maximum atomic E-state index is 3.69. The van der Waals surface area contributed by atoms with Crippen LogP contribution in [0.15, 0.2) is 29.6 Å². The molecule has 1 saturated heterocycles. The molecule has 0 amide bonds. The predicted molar refractivity (Wildman–Crippen MR) is 75.8 cm³/mol. The van der Waals surface area contributed by atoms with E-state index in [1.54, 1.807) is 0 Å². The molecular formula is C13H15NS2. The molecule has 3 heteroatoms. The van der Waals surface area contributed by atoms with Crippen LogP contribution in [0.3, 0.4) is 0 Å². The van der Waals surface area contributed by atoms with Crippen molar-refractivity contribution in [1.82, 2.24) is 0 Å². The van der Waals surface area contributed by atoms with Crippen LogP contribution in [0.1, 0.15) is 12.8 Å². The third-order valence-corrected chi connectivity index (χ3v) is 5.18. The van der Waals surface area contributed by atoms with Crippen LogP contribution in [-0.4, -0.2) is 17.5 Å². The molecule has 1 aliphatic rings. The van der Waals surface area contributed by atoms with Crippen LogP contribution in [0.2, 0.25) is 0 Å². The number of rotatable bonds is 2. The van der Waals surface area contributed by atoms with Gasteiger partial charge in [-0.15, -0.1) is 11.3 Å². The summed E-state index contributed by atoms with van der Waals surface area (Å²) in [6.45, 7) is 0. The first-order chi connectivity index (χ1) is 7.93. The molecule has 3 rings (SSSR count). The fourth-order valence-electron chi connectivity index (χ4n) is 2.16. The van der Waals surface area contributed by atoms with Crippen LogP contribution in [-0.2, 0) is 0 Å². The average molecular weight is 249 g/mol. The molecule has 1 unspecified atom stereocenters. The summed E-state index contributed by atoms with van der Waals surface area (Å²) in [5, 5.41) is 7.33. The highest BCUT2D eigenvalue weighted by molar-refractivity contribution is 7.99. The molecule has 0 saturated carbocycles. The first kappa shape index (κ1) is 10.5. The normalized spacial score (nSPS) is 21.1. The van der Waals surface area contributed by atoms with Gasteiger partial charge >= 0.3 is 0 Å². The monoisotopic (exact) mass is 249 g/mol. The molecular weight excluding hydrogens is 234 g/mol. The molecule has 1 nitrogen and oxygen atoms in total. The van der Waals surface area contributed by atoms with Gasteiger partial charge in [-0.05, 0) is 24.7 Å². The van der Waals surface area contributed by atoms with Crippen molar-refractivity contribution >= 4 is 38.9 Å². The summed E-state index contributed by atoms with van der Waals surface area (Å²) in [6.07, 6.45) is 2.67. The standard InChI is InChI=1S/C13H15NS2/c1-2-6-13-11(5-1)12(9-16-13)14-10-4-3-7-15-8-10/h1-2,5-6,9-10,14H,3-4,7-8H2. The molecule has 1 aliphatic heterocycles. The lowest BCUT2D eigenvalue weighted by Crippen LogP contribution is -2.25. The summed E-state index contributed by atoms with van der Waals surface area (Å²) < 4.78 is 1.38. The molecule has 1 N–H and O–H groups in total. The molecule has 0 spiro atoms. The third-order valence-electron chi connectivity index (χ3n) is 3.00. The van der Waals surface area contributed by atoms with Gasteiger partial charge in [0.05, 0.1) is 5.69 Å². The number of thioether (sulfide) groups is 1. The number of hydrogen-bond donors (Lipinski definition) is 1. The van der Waals surface area contributed by atoms with E-state index in [4.69, 9.17) is 0 Å². The Kier molecular flexibility index (Phi) is 3.06. The van der Waals surface area contributed by atoms with E-state index in [1.807, 2.05) is 11.3 Å². The van der Waals surface area contributed by atoms with Gasteiger partial charge in [0, 0.05) is 27.3 Å². The quantitative estimate of drug-likeness (QED) is 0.855. The Hall–Kier alpha value is -0.670. The van der Waals surface area contributed by atoms with E-state index >= 15 is 0 Å². The maximum absolute atomic E-state index is 3.69. The number of fused-ring (bicyclic) bond motifs is 1. The average Bonchev–Trinajstić information content (AvgIpc) is 2.74. The lowest BCUT2D eigenvalue weighted by molar-refractivity contribution is 0.686. The highest BCUT2D eigenvalue weighted by Crippen LogP contribution is 2.31. The van der Waals surface area contributed by atoms with E-state index in [2.05, 4.69) is 46.7 Å². The Morgan fingerprint density at radius 1 is 1.25 bits per heavy atom. The molecule has 1 atom stereocenters. The van der Waals surface area contributed by atoms with Crippen LogP contribution >= 0.6 is 23.1 Å². The summed E-state index contributed by atoms with van der Waals surface area (Å²) in [4.78, 5) is 0. The highest BCUT2D eigenvalue weighted by atomic mass is 32.2. The van der Waals surface area contributed by atoms with Crippen LogP contribution in [0.4, 0.5) is 5.69 Å². The van der Waals surface area contributed by atoms with Crippen molar-refractivity contribution in [2.75, 3.05) is 16.8 Å². The lowest BCUT2D eigenvalue weighted by Gasteiger charge is -2.23. The van der Waals surface area contributed by atoms with E-state index in [9.17, 15) is 0 Å². The summed E-state index contributed by atoms with van der Waals surface area (Å²) in [5.74, 6) is 2.59. The first-order valence-electron chi connectivity index (χ1n) is 5.74. The van der Waals surface area contributed by atoms with Gasteiger partial charge in [-0.25, -0.2) is 0 Å². The zero-order chi connectivity index (χ0) is 10.8. The summed E-state index contributed by atoms with van der Waals surface area (Å²) >= 11 is 3.90. The Morgan fingerprint density at radius 3 is 3.06 bits per heavy atom. The van der Waals surface area contributed by atoms with Gasteiger partial charge < -0.3 is 5.32 Å². The number of nitrogens with one attached hydrogen (secondary N) is 1. The molecule has 84 valence electrons. The minimum Gasteiger partial charge on any atom is -0.380 e. The second-order valence-corrected chi connectivity index (χ2v) is 6.27. The molecule has 0 aliphatic carbocycles. The van der Waals surface area contributed by atoms with Gasteiger partial charge in [-0.3, -0.25) is 0 Å². The van der Waals surface area contributed by atoms with Crippen LogP contribution < -0.4 is 5.32 Å². The Bertz CT molecular complexity index is 471. The fraction of sp³-hybridized carbons (Fsp3) is 0.385. The van der Waals surface area contributed by atoms with Crippen molar-refractivity contribution in [3.05, 3.63) is 29.6 Å². The molecule has 0 radical (unpaired) electrons. The SMILES string of the molecule is c1ccc2c(NC3CCCSC3)csc2c1. The number of thiophene rings is 1. The molecule has 16 heavy (non-hydrogen) atoms. The lowest BCUT2D eigenvalue weighted by atomic mass is 10.1. The van der Waals surface area contributed by atoms with E-state index in [1.165, 1.54) is 40.1 Å². The van der Waals surface area contributed by atoms with Crippen molar-refractivity contribution in [3.63, 3.8) is 0 Å². The van der Waals surface area contributed by atoms with Crippen molar-refractivity contribution in [3.8, 4) is 0 Å². The van der Waals surface area contributed by atoms with E-state index in [-0.39, 0.29) is 0 Å². The van der Waals surface area contributed by atoms with Gasteiger partial charge in [-0.1, -0.05) is 18.2 Å². The topological polar surface area (TPSA) is 12.0 Å². The Labute approximate surface area is 104 Å². The second kappa shape index (κ2) is 4.68. The zero-order valence-corrected chi connectivity index (χ0v) is 10.7. The van der Waals surface area contributed by atoms with E-state index in [0.29, 0.717) is 6.04 Å². The minimum absolute atomic E-state index is 0.664. The van der Waals surface area contributed by atoms with Crippen LogP contribution in [0, 0.1) is 0 Å². The molecule has 1 aromatic heterocycles. The van der Waals surface area contributed by atoms with Crippen molar-refractivity contribution in [1.29, 1.82) is 0 Å². The summed E-state index contributed by atoms with van der Waals surface area (Å²) in [6, 6.07) is 9.30. The molecule has 1 fully saturated rings. The van der Waals surface area contributed by atoms with Crippen LogP contribution in [0.25, 0.3) is 10.1 Å². The van der Waals surface area contributed by atoms with Crippen molar-refractivity contribution in [2.45, 2.75) is 18.9 Å². The molecule has 2 heterocycles. The van der Waals surface area contributed by atoms with Crippen molar-refractivity contribution < 1.29 is 0 Å².